The summed E-state index contributed by atoms with van der Waals surface area (Å²) in [5.74, 6) is -0.230. The number of halogens is 1. The Labute approximate surface area is 85.4 Å². The molecule has 2 aromatic rings. The molecule has 70 valence electrons. The third-order valence-corrected chi connectivity index (χ3v) is 3.22. The van der Waals surface area contributed by atoms with E-state index in [1.165, 1.54) is 11.3 Å². The Morgan fingerprint density at radius 3 is 3.00 bits per heavy atom. The summed E-state index contributed by atoms with van der Waals surface area (Å²) < 4.78 is 14.5. The van der Waals surface area contributed by atoms with Gasteiger partial charge in [-0.3, -0.25) is 0 Å². The fourth-order valence-electron chi connectivity index (χ4n) is 1.41. The molecule has 0 saturated carbocycles. The topological polar surface area (TPSA) is 23.8 Å². The molecular weight excluding hydrogens is 197 g/mol. The van der Waals surface area contributed by atoms with Crippen molar-refractivity contribution >= 4 is 21.4 Å². The molecule has 1 heterocycles. The zero-order valence-electron chi connectivity index (χ0n) is 7.67. The number of nitrogens with zero attached hydrogens (tertiary/aromatic N) is 1. The second-order valence-electron chi connectivity index (χ2n) is 3.17. The van der Waals surface area contributed by atoms with Gasteiger partial charge in [0.25, 0.3) is 0 Å². The lowest BCUT2D eigenvalue weighted by Crippen LogP contribution is -1.79. The van der Waals surface area contributed by atoms with E-state index >= 15 is 0 Å². The van der Waals surface area contributed by atoms with Crippen molar-refractivity contribution in [2.45, 2.75) is 13.3 Å². The van der Waals surface area contributed by atoms with E-state index in [4.69, 9.17) is 5.26 Å². The Bertz CT molecular complexity index is 522. The first-order valence-corrected chi connectivity index (χ1v) is 5.08. The minimum absolute atomic E-state index is 0.157. The summed E-state index contributed by atoms with van der Waals surface area (Å²) in [6.07, 6.45) is 0.157. The van der Waals surface area contributed by atoms with Gasteiger partial charge in [0, 0.05) is 10.1 Å². The Hall–Kier alpha value is -1.40. The normalized spacial score (nSPS) is 10.4. The molecule has 0 aliphatic carbocycles. The maximum Gasteiger partial charge on any atom is 0.145 e. The molecule has 0 fully saturated rings. The zero-order chi connectivity index (χ0) is 10.1. The second kappa shape index (κ2) is 3.39. The Morgan fingerprint density at radius 2 is 2.29 bits per heavy atom. The van der Waals surface area contributed by atoms with Gasteiger partial charge in [-0.2, -0.15) is 5.26 Å². The highest BCUT2D eigenvalue weighted by Gasteiger charge is 2.10. The van der Waals surface area contributed by atoms with E-state index < -0.39 is 0 Å². The van der Waals surface area contributed by atoms with Crippen molar-refractivity contribution in [3.8, 4) is 6.07 Å². The molecule has 0 spiro atoms. The smallest absolute Gasteiger partial charge is 0.145 e. The molecule has 0 bridgehead atoms. The summed E-state index contributed by atoms with van der Waals surface area (Å²) in [5.41, 5.74) is 1.11. The predicted molar refractivity (Wildman–Crippen MR) is 55.8 cm³/mol. The summed E-state index contributed by atoms with van der Waals surface area (Å²) in [4.78, 5) is 0.535. The number of fused-ring (bicyclic) bond motifs is 1. The highest BCUT2D eigenvalue weighted by molar-refractivity contribution is 7.19. The van der Waals surface area contributed by atoms with E-state index in [1.54, 1.807) is 6.07 Å². The Kier molecular flexibility index (Phi) is 2.22. The SMILES string of the molecule is Cc1ccc2c(F)c(CC#N)sc2c1. The molecular formula is C11H8FNS. The van der Waals surface area contributed by atoms with E-state index in [0.717, 1.165) is 10.3 Å². The fourth-order valence-corrected chi connectivity index (χ4v) is 2.52. The number of nitriles is 1. The van der Waals surface area contributed by atoms with E-state index in [-0.39, 0.29) is 12.2 Å². The second-order valence-corrected chi connectivity index (χ2v) is 4.31. The summed E-state index contributed by atoms with van der Waals surface area (Å²) in [5, 5.41) is 9.14. The first-order valence-electron chi connectivity index (χ1n) is 4.27. The molecule has 0 radical (unpaired) electrons. The molecule has 0 atom stereocenters. The highest BCUT2D eigenvalue weighted by atomic mass is 32.1. The van der Waals surface area contributed by atoms with Crippen LogP contribution in [-0.4, -0.2) is 0 Å². The maximum atomic E-state index is 13.6. The number of thiophene rings is 1. The number of aryl methyl sites for hydroxylation is 1. The van der Waals surface area contributed by atoms with Crippen molar-refractivity contribution in [2.75, 3.05) is 0 Å². The van der Waals surface area contributed by atoms with Crippen LogP contribution >= 0.6 is 11.3 Å². The summed E-state index contributed by atoms with van der Waals surface area (Å²) in [7, 11) is 0. The lowest BCUT2D eigenvalue weighted by atomic mass is 10.2. The molecule has 2 rings (SSSR count). The summed E-state index contributed by atoms with van der Waals surface area (Å²) in [6, 6.07) is 7.58. The van der Waals surface area contributed by atoms with Gasteiger partial charge in [-0.05, 0) is 18.6 Å². The predicted octanol–water partition coefficient (Wildman–Crippen LogP) is 3.41. The lowest BCUT2D eigenvalue weighted by molar-refractivity contribution is 0.633. The summed E-state index contributed by atoms with van der Waals surface area (Å²) in [6.45, 7) is 1.97. The van der Waals surface area contributed by atoms with Crippen LogP contribution in [0.2, 0.25) is 0 Å². The molecule has 0 unspecified atom stereocenters. The monoisotopic (exact) mass is 205 g/mol. The summed E-state index contributed by atoms with van der Waals surface area (Å²) >= 11 is 1.37. The third-order valence-electron chi connectivity index (χ3n) is 2.09. The van der Waals surface area contributed by atoms with Gasteiger partial charge in [0.05, 0.1) is 17.4 Å². The van der Waals surface area contributed by atoms with Crippen LogP contribution in [0.3, 0.4) is 0 Å². The van der Waals surface area contributed by atoms with Crippen molar-refractivity contribution in [3.63, 3.8) is 0 Å². The van der Waals surface area contributed by atoms with Gasteiger partial charge in [-0.25, -0.2) is 4.39 Å². The van der Waals surface area contributed by atoms with Crippen molar-refractivity contribution < 1.29 is 4.39 Å². The van der Waals surface area contributed by atoms with Crippen molar-refractivity contribution in [1.29, 1.82) is 5.26 Å². The average Bonchev–Trinajstić information content (AvgIpc) is 2.44. The van der Waals surface area contributed by atoms with Crippen LogP contribution in [0.15, 0.2) is 18.2 Å². The number of benzene rings is 1. The minimum Gasteiger partial charge on any atom is -0.205 e. The molecule has 0 saturated heterocycles. The molecule has 3 heteroatoms. The Balaban J connectivity index is 2.68. The van der Waals surface area contributed by atoms with Gasteiger partial charge >= 0.3 is 0 Å². The van der Waals surface area contributed by atoms with Crippen LogP contribution in [0.1, 0.15) is 10.4 Å². The molecule has 0 aliphatic rings. The van der Waals surface area contributed by atoms with Crippen LogP contribution in [0, 0.1) is 24.1 Å². The van der Waals surface area contributed by atoms with Gasteiger partial charge in [0.15, 0.2) is 0 Å². The largest absolute Gasteiger partial charge is 0.205 e. The first kappa shape index (κ1) is 9.17. The van der Waals surface area contributed by atoms with Gasteiger partial charge < -0.3 is 0 Å². The quantitative estimate of drug-likeness (QED) is 0.699. The molecule has 0 N–H and O–H groups in total. The highest BCUT2D eigenvalue weighted by Crippen LogP contribution is 2.30. The van der Waals surface area contributed by atoms with Crippen LogP contribution in [-0.2, 0) is 6.42 Å². The van der Waals surface area contributed by atoms with Gasteiger partial charge in [-0.15, -0.1) is 11.3 Å². The van der Waals surface area contributed by atoms with E-state index in [9.17, 15) is 4.39 Å². The van der Waals surface area contributed by atoms with Crippen molar-refractivity contribution in [1.82, 2.24) is 0 Å². The van der Waals surface area contributed by atoms with Gasteiger partial charge in [0.2, 0.25) is 0 Å². The standard InChI is InChI=1S/C11H8FNS/c1-7-2-3-8-10(6-7)14-9(4-5-13)11(8)12/h2-3,6H,4H2,1H3. The minimum atomic E-state index is -0.230. The molecule has 0 amide bonds. The van der Waals surface area contributed by atoms with Gasteiger partial charge in [0.1, 0.15) is 5.82 Å². The van der Waals surface area contributed by atoms with Crippen LogP contribution in [0.4, 0.5) is 4.39 Å². The fraction of sp³-hybridized carbons (Fsp3) is 0.182. The number of hydrogen-bond donors (Lipinski definition) is 0. The third kappa shape index (κ3) is 1.38. The Morgan fingerprint density at radius 1 is 1.50 bits per heavy atom. The number of hydrogen-bond acceptors (Lipinski definition) is 2. The van der Waals surface area contributed by atoms with E-state index in [2.05, 4.69) is 0 Å². The van der Waals surface area contributed by atoms with Crippen molar-refractivity contribution in [2.24, 2.45) is 0 Å². The number of rotatable bonds is 1. The van der Waals surface area contributed by atoms with E-state index in [0.29, 0.717) is 10.3 Å². The molecule has 1 aromatic heterocycles. The van der Waals surface area contributed by atoms with Gasteiger partial charge in [-0.1, -0.05) is 12.1 Å². The zero-order valence-corrected chi connectivity index (χ0v) is 8.49. The average molecular weight is 205 g/mol. The van der Waals surface area contributed by atoms with E-state index in [1.807, 2.05) is 25.1 Å². The molecule has 14 heavy (non-hydrogen) atoms. The lowest BCUT2D eigenvalue weighted by Gasteiger charge is -1.91. The van der Waals surface area contributed by atoms with Crippen LogP contribution in [0.5, 0.6) is 0 Å². The molecule has 1 nitrogen and oxygen atoms in total. The van der Waals surface area contributed by atoms with Crippen LogP contribution < -0.4 is 0 Å². The maximum absolute atomic E-state index is 13.6. The molecule has 1 aromatic carbocycles. The molecule has 0 aliphatic heterocycles. The van der Waals surface area contributed by atoms with Crippen molar-refractivity contribution in [3.05, 3.63) is 34.5 Å². The first-order chi connectivity index (χ1) is 6.72. The van der Waals surface area contributed by atoms with Crippen LogP contribution in [0.25, 0.3) is 10.1 Å².